The van der Waals surface area contributed by atoms with E-state index in [1.165, 1.54) is 17.0 Å². The first-order chi connectivity index (χ1) is 19.4. The molecule has 0 saturated carbocycles. The van der Waals surface area contributed by atoms with Crippen molar-refractivity contribution in [2.75, 3.05) is 18.0 Å². The van der Waals surface area contributed by atoms with E-state index in [1.807, 2.05) is 17.0 Å². The second-order valence-corrected chi connectivity index (χ2v) is 9.51. The minimum atomic E-state index is -0.581. The quantitative estimate of drug-likeness (QED) is 0.354. The fourth-order valence-corrected chi connectivity index (χ4v) is 4.79. The van der Waals surface area contributed by atoms with Gasteiger partial charge in [-0.25, -0.2) is 4.79 Å². The average molecular weight is 535 g/mol. The monoisotopic (exact) mass is 534 g/mol. The third-order valence-corrected chi connectivity index (χ3v) is 6.80. The fourth-order valence-electron chi connectivity index (χ4n) is 4.79. The normalized spacial score (nSPS) is 14.8. The zero-order valence-corrected chi connectivity index (χ0v) is 21.9. The van der Waals surface area contributed by atoms with Gasteiger partial charge in [0, 0.05) is 31.5 Å². The van der Waals surface area contributed by atoms with Crippen LogP contribution in [-0.2, 0) is 19.6 Å². The van der Waals surface area contributed by atoms with Crippen molar-refractivity contribution in [2.24, 2.45) is 5.73 Å². The van der Waals surface area contributed by atoms with Crippen molar-refractivity contribution in [3.05, 3.63) is 80.0 Å². The highest BCUT2D eigenvalue weighted by molar-refractivity contribution is 5.75. The van der Waals surface area contributed by atoms with Gasteiger partial charge in [0.2, 0.25) is 5.95 Å². The first-order valence-corrected chi connectivity index (χ1v) is 12.8. The number of nitrogens with zero attached hydrogens (tertiary/aromatic N) is 9. The second-order valence-electron chi connectivity index (χ2n) is 9.51. The Bertz CT molecular complexity index is 1820. The summed E-state index contributed by atoms with van der Waals surface area (Å²) < 4.78 is 4.28. The van der Waals surface area contributed by atoms with E-state index in [9.17, 15) is 9.59 Å². The molecule has 0 bridgehead atoms. The summed E-state index contributed by atoms with van der Waals surface area (Å²) in [4.78, 5) is 43.3. The van der Waals surface area contributed by atoms with E-state index < -0.39 is 11.2 Å². The van der Waals surface area contributed by atoms with Gasteiger partial charge in [0.1, 0.15) is 12.1 Å². The van der Waals surface area contributed by atoms with Gasteiger partial charge >= 0.3 is 5.69 Å². The molecule has 40 heavy (non-hydrogen) atoms. The Hall–Kier alpha value is -5.25. The third kappa shape index (κ3) is 5.06. The Kier molecular flexibility index (Phi) is 7.41. The van der Waals surface area contributed by atoms with Crippen LogP contribution in [0.2, 0.25) is 0 Å². The number of anilines is 1. The summed E-state index contributed by atoms with van der Waals surface area (Å²) in [5.74, 6) is 6.44. The molecule has 12 nitrogen and oxygen atoms in total. The number of nitriles is 2. The van der Waals surface area contributed by atoms with E-state index >= 15 is 0 Å². The van der Waals surface area contributed by atoms with Crippen LogP contribution in [0.15, 0.2) is 46.2 Å². The first kappa shape index (κ1) is 26.4. The number of hydrogen-bond donors (Lipinski definition) is 1. The van der Waals surface area contributed by atoms with Crippen molar-refractivity contribution in [2.45, 2.75) is 45.4 Å². The summed E-state index contributed by atoms with van der Waals surface area (Å²) in [5, 5.41) is 18.3. The Balaban J connectivity index is 1.74. The topological polar surface area (TPSA) is 164 Å². The lowest BCUT2D eigenvalue weighted by molar-refractivity contribution is 0.496. The molecule has 200 valence electrons. The molecule has 1 aliphatic heterocycles. The molecule has 0 aromatic carbocycles. The highest BCUT2D eigenvalue weighted by atomic mass is 16.2. The molecule has 0 spiro atoms. The van der Waals surface area contributed by atoms with E-state index in [0.717, 1.165) is 17.4 Å². The Morgan fingerprint density at radius 1 is 0.975 bits per heavy atom. The number of pyridine rings is 2. The maximum absolute atomic E-state index is 14.0. The molecular formula is C28H26N10O2. The van der Waals surface area contributed by atoms with Crippen LogP contribution in [0.3, 0.4) is 0 Å². The van der Waals surface area contributed by atoms with Crippen LogP contribution < -0.4 is 21.9 Å². The molecule has 5 rings (SSSR count). The highest BCUT2D eigenvalue weighted by Crippen LogP contribution is 2.23. The van der Waals surface area contributed by atoms with Crippen LogP contribution in [0, 0.1) is 34.5 Å². The molecule has 0 aliphatic carbocycles. The summed E-state index contributed by atoms with van der Waals surface area (Å²) in [6.07, 6.45) is 4.60. The lowest BCUT2D eigenvalue weighted by atomic mass is 10.1. The molecule has 0 amide bonds. The lowest BCUT2D eigenvalue weighted by Gasteiger charge is -2.31. The van der Waals surface area contributed by atoms with E-state index in [-0.39, 0.29) is 36.8 Å². The summed E-state index contributed by atoms with van der Waals surface area (Å²) in [5.41, 5.74) is 7.35. The molecule has 1 fully saturated rings. The number of aromatic nitrogens is 6. The zero-order valence-electron chi connectivity index (χ0n) is 21.9. The van der Waals surface area contributed by atoms with Crippen molar-refractivity contribution in [3.8, 4) is 24.0 Å². The van der Waals surface area contributed by atoms with Crippen LogP contribution in [0.1, 0.15) is 42.3 Å². The van der Waals surface area contributed by atoms with E-state index in [4.69, 9.17) is 21.2 Å². The zero-order chi connectivity index (χ0) is 28.2. The molecule has 0 unspecified atom stereocenters. The smallest absolute Gasteiger partial charge is 0.333 e. The summed E-state index contributed by atoms with van der Waals surface area (Å²) in [6, 6.07) is 10.5. The van der Waals surface area contributed by atoms with Crippen molar-refractivity contribution in [3.63, 3.8) is 0 Å². The second kappa shape index (κ2) is 11.2. The van der Waals surface area contributed by atoms with Gasteiger partial charge in [0.05, 0.1) is 42.1 Å². The average Bonchev–Trinajstić information content (AvgIpc) is 3.36. The van der Waals surface area contributed by atoms with Crippen LogP contribution in [0.4, 0.5) is 5.95 Å². The molecule has 12 heteroatoms. The predicted molar refractivity (Wildman–Crippen MR) is 147 cm³/mol. The van der Waals surface area contributed by atoms with Crippen LogP contribution in [-0.4, -0.2) is 47.8 Å². The third-order valence-electron chi connectivity index (χ3n) is 6.80. The number of imidazole rings is 1. The Labute approximate surface area is 229 Å². The molecule has 1 aliphatic rings. The van der Waals surface area contributed by atoms with Gasteiger partial charge in [-0.3, -0.25) is 28.5 Å². The first-order valence-electron chi connectivity index (χ1n) is 12.8. The molecule has 4 aromatic rings. The van der Waals surface area contributed by atoms with Gasteiger partial charge in [-0.2, -0.15) is 15.5 Å². The van der Waals surface area contributed by atoms with Crippen molar-refractivity contribution >= 4 is 17.1 Å². The predicted octanol–water partition coefficient (Wildman–Crippen LogP) is 0.940. The number of hydrogen-bond acceptors (Lipinski definition) is 9. The van der Waals surface area contributed by atoms with Gasteiger partial charge in [-0.15, -0.1) is 5.92 Å². The van der Waals surface area contributed by atoms with Crippen LogP contribution in [0.5, 0.6) is 0 Å². The van der Waals surface area contributed by atoms with E-state index in [2.05, 4.69) is 21.8 Å². The van der Waals surface area contributed by atoms with Gasteiger partial charge in [-0.05, 0) is 44.0 Å². The largest absolute Gasteiger partial charge is 0.341 e. The molecule has 1 saturated heterocycles. The maximum Gasteiger partial charge on any atom is 0.333 e. The van der Waals surface area contributed by atoms with Crippen molar-refractivity contribution in [1.82, 2.24) is 28.7 Å². The van der Waals surface area contributed by atoms with Crippen LogP contribution >= 0.6 is 0 Å². The summed E-state index contributed by atoms with van der Waals surface area (Å²) in [6.45, 7) is 3.11. The highest BCUT2D eigenvalue weighted by Gasteiger charge is 2.27. The summed E-state index contributed by atoms with van der Waals surface area (Å²) in [7, 11) is 0. The van der Waals surface area contributed by atoms with Crippen molar-refractivity contribution < 1.29 is 0 Å². The van der Waals surface area contributed by atoms with Gasteiger partial charge in [0.25, 0.3) is 5.56 Å². The van der Waals surface area contributed by atoms with Gasteiger partial charge in [0.15, 0.2) is 11.2 Å². The number of nitrogens with two attached hydrogens (primary N) is 1. The van der Waals surface area contributed by atoms with Gasteiger partial charge in [-0.1, -0.05) is 5.92 Å². The minimum Gasteiger partial charge on any atom is -0.341 e. The Morgan fingerprint density at radius 2 is 1.62 bits per heavy atom. The Morgan fingerprint density at radius 3 is 2.17 bits per heavy atom. The van der Waals surface area contributed by atoms with Crippen molar-refractivity contribution in [1.29, 1.82) is 10.5 Å². The van der Waals surface area contributed by atoms with E-state index in [0.29, 0.717) is 41.6 Å². The molecule has 4 aromatic heterocycles. The standard InChI is InChI=1S/C28H26N10O2/c1-2-3-11-36-24-25(34-27(36)35-10-4-5-21(31)16-35)37(17-22-8-6-19(12-29)14-32-22)28(40)38(26(24)39)18-23-9-7-20(13-30)15-33-23/h6-9,14-15,21H,4-5,10-11,16-18,31H2,1H3/t21-/m1/s1. The number of fused-ring (bicyclic) bond motifs is 1. The molecule has 0 radical (unpaired) electrons. The number of rotatable bonds is 6. The molecule has 1 atom stereocenters. The van der Waals surface area contributed by atoms with Crippen LogP contribution in [0.25, 0.3) is 11.2 Å². The number of piperidine rings is 1. The molecular weight excluding hydrogens is 508 g/mol. The maximum atomic E-state index is 14.0. The SMILES string of the molecule is CC#CCn1c(N2CCC[C@@H](N)C2)nc2c1c(=O)n(Cc1ccc(C#N)cn1)c(=O)n2Cc1ccc(C#N)cn1. The summed E-state index contributed by atoms with van der Waals surface area (Å²) >= 11 is 0. The molecule has 5 heterocycles. The lowest BCUT2D eigenvalue weighted by Crippen LogP contribution is -2.44. The molecule has 2 N–H and O–H groups in total. The van der Waals surface area contributed by atoms with E-state index in [1.54, 1.807) is 35.8 Å². The van der Waals surface area contributed by atoms with Gasteiger partial charge < -0.3 is 10.6 Å². The minimum absolute atomic E-state index is 0.0253. The fraction of sp³-hybridized carbons (Fsp3) is 0.321.